The predicted octanol–water partition coefficient (Wildman–Crippen LogP) is 5.57. The lowest BCUT2D eigenvalue weighted by Crippen LogP contribution is -2.06. The van der Waals surface area contributed by atoms with Crippen LogP contribution in [0.25, 0.3) is 11.0 Å². The van der Waals surface area contributed by atoms with Crippen LogP contribution in [0.2, 0.25) is 5.02 Å². The van der Waals surface area contributed by atoms with Gasteiger partial charge in [-0.1, -0.05) is 23.7 Å². The molecule has 0 saturated heterocycles. The molecule has 0 spiro atoms. The number of nitrogens with one attached hydrogen (secondary N) is 1. The molecule has 1 heterocycles. The normalized spacial score (nSPS) is 12.8. The Balaban J connectivity index is 2.16. The summed E-state index contributed by atoms with van der Waals surface area (Å²) in [5.74, 6) is 0. The zero-order chi connectivity index (χ0) is 14.3. The number of imidazole rings is 1. The van der Waals surface area contributed by atoms with E-state index in [0.717, 1.165) is 20.8 Å². The van der Waals surface area contributed by atoms with Gasteiger partial charge in [0.05, 0.1) is 17.1 Å². The molecule has 1 aromatic heterocycles. The Hall–Kier alpha value is -0.850. The van der Waals surface area contributed by atoms with Gasteiger partial charge in [0.15, 0.2) is 4.77 Å². The molecular formula is C15H12ClIN2S. The highest BCUT2D eigenvalue weighted by Crippen LogP contribution is 2.26. The SMILES string of the molecule is CC(c1ccc(Cl)cc1)n1c(=S)[nH]c2cc(I)ccc21. The molecule has 2 aromatic carbocycles. The number of nitrogens with zero attached hydrogens (tertiary/aromatic N) is 1. The van der Waals surface area contributed by atoms with Crippen LogP contribution in [0, 0.1) is 8.34 Å². The summed E-state index contributed by atoms with van der Waals surface area (Å²) in [6, 6.07) is 14.4. The van der Waals surface area contributed by atoms with Gasteiger partial charge in [-0.15, -0.1) is 0 Å². The number of hydrogen-bond donors (Lipinski definition) is 1. The summed E-state index contributed by atoms with van der Waals surface area (Å²) in [6.45, 7) is 2.14. The summed E-state index contributed by atoms with van der Waals surface area (Å²) in [5.41, 5.74) is 3.38. The van der Waals surface area contributed by atoms with Crippen molar-refractivity contribution >= 4 is 57.4 Å². The number of benzene rings is 2. The summed E-state index contributed by atoms with van der Waals surface area (Å²) in [4.78, 5) is 3.28. The van der Waals surface area contributed by atoms with Crippen LogP contribution in [0.15, 0.2) is 42.5 Å². The van der Waals surface area contributed by atoms with Crippen molar-refractivity contribution in [2.24, 2.45) is 0 Å². The van der Waals surface area contributed by atoms with Crippen LogP contribution in [-0.2, 0) is 0 Å². The van der Waals surface area contributed by atoms with Crippen molar-refractivity contribution in [1.29, 1.82) is 0 Å². The second-order valence-electron chi connectivity index (χ2n) is 4.69. The van der Waals surface area contributed by atoms with Gasteiger partial charge in [-0.3, -0.25) is 0 Å². The largest absolute Gasteiger partial charge is 0.331 e. The van der Waals surface area contributed by atoms with Crippen molar-refractivity contribution in [2.45, 2.75) is 13.0 Å². The number of halogens is 2. The lowest BCUT2D eigenvalue weighted by Gasteiger charge is -2.15. The van der Waals surface area contributed by atoms with Crippen LogP contribution in [0.5, 0.6) is 0 Å². The zero-order valence-electron chi connectivity index (χ0n) is 10.7. The van der Waals surface area contributed by atoms with E-state index in [-0.39, 0.29) is 6.04 Å². The van der Waals surface area contributed by atoms with Gasteiger partial charge < -0.3 is 9.55 Å². The fourth-order valence-corrected chi connectivity index (χ4v) is 3.36. The minimum absolute atomic E-state index is 0.161. The Morgan fingerprint density at radius 1 is 1.20 bits per heavy atom. The number of aromatic nitrogens is 2. The first-order valence-corrected chi connectivity index (χ1v) is 8.08. The first kappa shape index (κ1) is 14.1. The smallest absolute Gasteiger partial charge is 0.178 e. The van der Waals surface area contributed by atoms with E-state index in [2.05, 4.69) is 57.3 Å². The van der Waals surface area contributed by atoms with Crippen LogP contribution in [0.4, 0.5) is 0 Å². The Labute approximate surface area is 140 Å². The summed E-state index contributed by atoms with van der Waals surface area (Å²) in [5, 5.41) is 0.748. The Kier molecular flexibility index (Phi) is 3.88. The van der Waals surface area contributed by atoms with Gasteiger partial charge in [-0.25, -0.2) is 0 Å². The van der Waals surface area contributed by atoms with Gasteiger partial charge >= 0.3 is 0 Å². The second kappa shape index (κ2) is 5.50. The molecule has 102 valence electrons. The number of rotatable bonds is 2. The third-order valence-electron chi connectivity index (χ3n) is 3.42. The van der Waals surface area contributed by atoms with Crippen molar-refractivity contribution in [3.05, 3.63) is 61.4 Å². The molecule has 0 amide bonds. The summed E-state index contributed by atoms with van der Waals surface area (Å²) in [6.07, 6.45) is 0. The molecule has 3 aromatic rings. The number of fused-ring (bicyclic) bond motifs is 1. The first-order chi connectivity index (χ1) is 9.56. The number of aromatic amines is 1. The van der Waals surface area contributed by atoms with Crippen molar-refractivity contribution in [3.8, 4) is 0 Å². The monoisotopic (exact) mass is 414 g/mol. The van der Waals surface area contributed by atoms with Gasteiger partial charge in [0.2, 0.25) is 0 Å². The lowest BCUT2D eigenvalue weighted by molar-refractivity contribution is 0.649. The molecule has 1 unspecified atom stereocenters. The van der Waals surface area contributed by atoms with Gasteiger partial charge in [0.25, 0.3) is 0 Å². The van der Waals surface area contributed by atoms with Gasteiger partial charge in [-0.2, -0.15) is 0 Å². The highest BCUT2D eigenvalue weighted by molar-refractivity contribution is 14.1. The van der Waals surface area contributed by atoms with E-state index in [4.69, 9.17) is 23.8 Å². The van der Waals surface area contributed by atoms with Crippen LogP contribution in [0.3, 0.4) is 0 Å². The molecule has 1 N–H and O–H groups in total. The third kappa shape index (κ3) is 2.52. The summed E-state index contributed by atoms with van der Waals surface area (Å²) < 4.78 is 4.08. The standard InChI is InChI=1S/C15H12ClIN2S/c1-9(10-2-4-11(16)5-3-10)19-14-7-6-12(17)8-13(14)18-15(19)20/h2-9H,1H3,(H,18,20). The maximum Gasteiger partial charge on any atom is 0.178 e. The van der Waals surface area contributed by atoms with E-state index in [0.29, 0.717) is 0 Å². The van der Waals surface area contributed by atoms with Gasteiger partial charge in [-0.05, 0) is 77.6 Å². The van der Waals surface area contributed by atoms with Crippen LogP contribution in [-0.4, -0.2) is 9.55 Å². The maximum absolute atomic E-state index is 5.95. The average molecular weight is 415 g/mol. The van der Waals surface area contributed by atoms with Gasteiger partial charge in [0.1, 0.15) is 0 Å². The highest BCUT2D eigenvalue weighted by atomic mass is 127. The van der Waals surface area contributed by atoms with Crippen molar-refractivity contribution in [2.75, 3.05) is 0 Å². The van der Waals surface area contributed by atoms with Gasteiger partial charge in [0, 0.05) is 8.59 Å². The molecule has 2 nitrogen and oxygen atoms in total. The molecular weight excluding hydrogens is 403 g/mol. The van der Waals surface area contributed by atoms with Crippen molar-refractivity contribution < 1.29 is 0 Å². The molecule has 0 fully saturated rings. The zero-order valence-corrected chi connectivity index (χ0v) is 14.5. The Bertz CT molecular complexity index is 820. The quantitative estimate of drug-likeness (QED) is 0.430. The van der Waals surface area contributed by atoms with Crippen molar-refractivity contribution in [3.63, 3.8) is 0 Å². The fraction of sp³-hybridized carbons (Fsp3) is 0.133. The molecule has 1 atom stereocenters. The third-order valence-corrected chi connectivity index (χ3v) is 4.64. The Morgan fingerprint density at radius 2 is 1.90 bits per heavy atom. The fourth-order valence-electron chi connectivity index (χ4n) is 2.38. The molecule has 0 radical (unpaired) electrons. The molecule has 5 heteroatoms. The summed E-state index contributed by atoms with van der Waals surface area (Å²) in [7, 11) is 0. The molecule has 0 aliphatic rings. The van der Waals surface area contributed by atoms with E-state index >= 15 is 0 Å². The number of hydrogen-bond acceptors (Lipinski definition) is 1. The molecule has 0 saturated carbocycles. The van der Waals surface area contributed by atoms with E-state index in [1.807, 2.05) is 24.3 Å². The summed E-state index contributed by atoms with van der Waals surface area (Å²) >= 11 is 13.7. The molecule has 3 rings (SSSR count). The number of H-pyrrole nitrogens is 1. The maximum atomic E-state index is 5.95. The first-order valence-electron chi connectivity index (χ1n) is 6.21. The Morgan fingerprint density at radius 3 is 2.60 bits per heavy atom. The van der Waals surface area contributed by atoms with Crippen molar-refractivity contribution in [1.82, 2.24) is 9.55 Å². The second-order valence-corrected chi connectivity index (χ2v) is 6.76. The lowest BCUT2D eigenvalue weighted by atomic mass is 10.1. The predicted molar refractivity (Wildman–Crippen MR) is 95.1 cm³/mol. The van der Waals surface area contributed by atoms with E-state index in [1.54, 1.807) is 0 Å². The average Bonchev–Trinajstić information content (AvgIpc) is 2.73. The van der Waals surface area contributed by atoms with Crippen LogP contribution >= 0.6 is 46.4 Å². The topological polar surface area (TPSA) is 20.7 Å². The minimum Gasteiger partial charge on any atom is -0.331 e. The van der Waals surface area contributed by atoms with Crippen LogP contribution < -0.4 is 0 Å². The molecule has 0 aliphatic heterocycles. The van der Waals surface area contributed by atoms with E-state index in [1.165, 1.54) is 9.13 Å². The molecule has 20 heavy (non-hydrogen) atoms. The highest BCUT2D eigenvalue weighted by Gasteiger charge is 2.13. The molecule has 0 bridgehead atoms. The van der Waals surface area contributed by atoms with E-state index < -0.39 is 0 Å². The van der Waals surface area contributed by atoms with Crippen LogP contribution in [0.1, 0.15) is 18.5 Å². The minimum atomic E-state index is 0.161. The van der Waals surface area contributed by atoms with E-state index in [9.17, 15) is 0 Å². The molecule has 0 aliphatic carbocycles.